The molecule has 2 aliphatic heterocycles. The van der Waals surface area contributed by atoms with Gasteiger partial charge in [-0.05, 0) is 68.6 Å². The lowest BCUT2D eigenvalue weighted by atomic mass is 9.78. The van der Waals surface area contributed by atoms with Crippen molar-refractivity contribution in [2.24, 2.45) is 5.92 Å². The van der Waals surface area contributed by atoms with Crippen LogP contribution in [-0.4, -0.2) is 47.7 Å². The summed E-state index contributed by atoms with van der Waals surface area (Å²) in [5.74, 6) is 1.83. The summed E-state index contributed by atoms with van der Waals surface area (Å²) in [6.07, 6.45) is 10.6. The molecule has 1 unspecified atom stereocenters. The van der Waals surface area contributed by atoms with E-state index >= 15 is 0 Å². The predicted octanol–water partition coefficient (Wildman–Crippen LogP) is 4.37. The summed E-state index contributed by atoms with van der Waals surface area (Å²) in [5, 5.41) is 0. The van der Waals surface area contributed by atoms with Gasteiger partial charge in [-0.15, -0.1) is 0 Å². The van der Waals surface area contributed by atoms with Crippen LogP contribution in [0.15, 0.2) is 54.9 Å². The van der Waals surface area contributed by atoms with E-state index in [9.17, 15) is 4.79 Å². The van der Waals surface area contributed by atoms with E-state index < -0.39 is 0 Å². The summed E-state index contributed by atoms with van der Waals surface area (Å²) in [4.78, 5) is 19.5. The average Bonchev–Trinajstić information content (AvgIpc) is 3.63. The smallest absolute Gasteiger partial charge is 0.233 e. The normalized spacial score (nSPS) is 24.0. The fourth-order valence-electron chi connectivity index (χ4n) is 5.43. The van der Waals surface area contributed by atoms with Gasteiger partial charge in [-0.3, -0.25) is 9.78 Å². The van der Waals surface area contributed by atoms with E-state index in [1.807, 2.05) is 30.3 Å². The van der Waals surface area contributed by atoms with Gasteiger partial charge in [0.25, 0.3) is 0 Å². The van der Waals surface area contributed by atoms with Crippen LogP contribution in [0.1, 0.15) is 50.5 Å². The number of pyridine rings is 1. The van der Waals surface area contributed by atoms with Crippen molar-refractivity contribution in [3.05, 3.63) is 60.4 Å². The van der Waals surface area contributed by atoms with Crippen molar-refractivity contribution in [3.8, 4) is 5.75 Å². The van der Waals surface area contributed by atoms with Crippen LogP contribution in [0, 0.1) is 5.92 Å². The molecule has 5 rings (SSSR count). The lowest BCUT2D eigenvalue weighted by Crippen LogP contribution is -2.52. The maximum Gasteiger partial charge on any atom is 0.233 e. The standard InChI is InChI=1S/C26H32N2O3/c29-24(26(10-11-26)22-4-2-1-3-5-22)28-16-12-25(13-17-28)20-21(9-19-31-25)8-18-30-23-6-14-27-15-7-23/h1-7,14-15,21H,8-13,16-20H2. The highest BCUT2D eigenvalue weighted by Crippen LogP contribution is 2.50. The van der Waals surface area contributed by atoms with Crippen molar-refractivity contribution < 1.29 is 14.3 Å². The summed E-state index contributed by atoms with van der Waals surface area (Å²) < 4.78 is 12.2. The molecule has 1 aromatic carbocycles. The molecule has 164 valence electrons. The van der Waals surface area contributed by atoms with Crippen LogP contribution in [0.3, 0.4) is 0 Å². The van der Waals surface area contributed by atoms with Crippen molar-refractivity contribution in [1.82, 2.24) is 9.88 Å². The van der Waals surface area contributed by atoms with Crippen LogP contribution >= 0.6 is 0 Å². The molecule has 1 aliphatic carbocycles. The van der Waals surface area contributed by atoms with E-state index in [-0.39, 0.29) is 11.0 Å². The number of rotatable bonds is 6. The Hall–Kier alpha value is -2.40. The number of carbonyl (C=O) groups excluding carboxylic acids is 1. The van der Waals surface area contributed by atoms with E-state index in [0.29, 0.717) is 11.8 Å². The second-order valence-electron chi connectivity index (χ2n) is 9.45. The molecule has 0 N–H and O–H groups in total. The van der Waals surface area contributed by atoms with Gasteiger partial charge in [-0.1, -0.05) is 30.3 Å². The molecule has 5 nitrogen and oxygen atoms in total. The minimum absolute atomic E-state index is 0.0557. The number of likely N-dealkylation sites (tertiary alicyclic amines) is 1. The van der Waals surface area contributed by atoms with Crippen molar-refractivity contribution in [2.75, 3.05) is 26.3 Å². The largest absolute Gasteiger partial charge is 0.493 e. The second-order valence-corrected chi connectivity index (χ2v) is 9.45. The summed E-state index contributed by atoms with van der Waals surface area (Å²) in [6, 6.07) is 14.1. The third kappa shape index (κ3) is 4.33. The number of piperidine rings is 1. The molecule has 1 saturated carbocycles. The molecule has 1 amide bonds. The minimum Gasteiger partial charge on any atom is -0.493 e. The van der Waals surface area contributed by atoms with Gasteiger partial charge in [0.05, 0.1) is 17.6 Å². The highest BCUT2D eigenvalue weighted by molar-refractivity contribution is 5.91. The second kappa shape index (κ2) is 8.62. The monoisotopic (exact) mass is 420 g/mol. The molecule has 2 saturated heterocycles. The maximum atomic E-state index is 13.4. The summed E-state index contributed by atoms with van der Waals surface area (Å²) in [5.41, 5.74) is 0.870. The molecular weight excluding hydrogens is 388 g/mol. The van der Waals surface area contributed by atoms with Crippen LogP contribution in [0.4, 0.5) is 0 Å². The molecule has 31 heavy (non-hydrogen) atoms. The van der Waals surface area contributed by atoms with Crippen LogP contribution in [0.25, 0.3) is 0 Å². The fraction of sp³-hybridized carbons (Fsp3) is 0.538. The lowest BCUT2D eigenvalue weighted by molar-refractivity contribution is -0.149. The van der Waals surface area contributed by atoms with Gasteiger partial charge in [0.2, 0.25) is 5.91 Å². The number of ether oxygens (including phenoxy) is 2. The van der Waals surface area contributed by atoms with Crippen LogP contribution < -0.4 is 4.74 Å². The van der Waals surface area contributed by atoms with E-state index in [0.717, 1.165) is 77.0 Å². The summed E-state index contributed by atoms with van der Waals surface area (Å²) in [7, 11) is 0. The van der Waals surface area contributed by atoms with Gasteiger partial charge in [0.15, 0.2) is 0 Å². The number of hydrogen-bond donors (Lipinski definition) is 0. The zero-order valence-corrected chi connectivity index (χ0v) is 18.2. The van der Waals surface area contributed by atoms with E-state index in [2.05, 4.69) is 22.0 Å². The molecule has 0 bridgehead atoms. The highest BCUT2D eigenvalue weighted by atomic mass is 16.5. The molecule has 3 heterocycles. The number of nitrogens with zero attached hydrogens (tertiary/aromatic N) is 2. The molecule has 0 radical (unpaired) electrons. The van der Waals surface area contributed by atoms with E-state index in [4.69, 9.17) is 9.47 Å². The van der Waals surface area contributed by atoms with Gasteiger partial charge >= 0.3 is 0 Å². The molecular formula is C26H32N2O3. The Balaban J connectivity index is 1.14. The van der Waals surface area contributed by atoms with Gasteiger partial charge in [0, 0.05) is 32.1 Å². The van der Waals surface area contributed by atoms with Gasteiger partial charge in [-0.25, -0.2) is 0 Å². The topological polar surface area (TPSA) is 51.7 Å². The summed E-state index contributed by atoms with van der Waals surface area (Å²) in [6.45, 7) is 3.18. The fourth-order valence-corrected chi connectivity index (χ4v) is 5.43. The number of amides is 1. The van der Waals surface area contributed by atoms with Crippen molar-refractivity contribution in [2.45, 2.75) is 56.0 Å². The first-order valence-electron chi connectivity index (χ1n) is 11.7. The van der Waals surface area contributed by atoms with E-state index in [1.165, 1.54) is 5.56 Å². The molecule has 1 atom stereocenters. The Bertz CT molecular complexity index is 874. The van der Waals surface area contributed by atoms with E-state index in [1.54, 1.807) is 12.4 Å². The van der Waals surface area contributed by atoms with Crippen LogP contribution in [0.2, 0.25) is 0 Å². The van der Waals surface area contributed by atoms with Crippen molar-refractivity contribution in [1.29, 1.82) is 0 Å². The first-order chi connectivity index (χ1) is 15.2. The zero-order chi connectivity index (χ0) is 21.2. The molecule has 1 spiro atoms. The highest BCUT2D eigenvalue weighted by Gasteiger charge is 2.54. The third-order valence-corrected chi connectivity index (χ3v) is 7.49. The quantitative estimate of drug-likeness (QED) is 0.696. The predicted molar refractivity (Wildman–Crippen MR) is 119 cm³/mol. The lowest BCUT2D eigenvalue weighted by Gasteiger charge is -2.46. The molecule has 3 fully saturated rings. The Morgan fingerprint density at radius 3 is 2.52 bits per heavy atom. The van der Waals surface area contributed by atoms with Crippen LogP contribution in [-0.2, 0) is 14.9 Å². The molecule has 1 aromatic heterocycles. The Morgan fingerprint density at radius 1 is 1.06 bits per heavy atom. The number of benzene rings is 1. The molecule has 5 heteroatoms. The Morgan fingerprint density at radius 2 is 1.81 bits per heavy atom. The van der Waals surface area contributed by atoms with Gasteiger partial charge in [0.1, 0.15) is 5.75 Å². The number of carbonyl (C=O) groups is 1. The Kier molecular flexibility index (Phi) is 5.70. The Labute approximate surface area is 184 Å². The van der Waals surface area contributed by atoms with Crippen molar-refractivity contribution in [3.63, 3.8) is 0 Å². The van der Waals surface area contributed by atoms with Crippen molar-refractivity contribution >= 4 is 5.91 Å². The minimum atomic E-state index is -0.258. The molecule has 2 aromatic rings. The first kappa shape index (κ1) is 20.5. The number of aromatic nitrogens is 1. The third-order valence-electron chi connectivity index (χ3n) is 7.49. The van der Waals surface area contributed by atoms with Gasteiger partial charge in [-0.2, -0.15) is 0 Å². The summed E-state index contributed by atoms with van der Waals surface area (Å²) >= 11 is 0. The maximum absolute atomic E-state index is 13.4. The SMILES string of the molecule is O=C(N1CCC2(CC1)CC(CCOc1ccncc1)CCO2)C1(c2ccccc2)CC1. The molecule has 3 aliphatic rings. The van der Waals surface area contributed by atoms with Gasteiger partial charge < -0.3 is 14.4 Å². The zero-order valence-electron chi connectivity index (χ0n) is 18.2. The number of hydrogen-bond acceptors (Lipinski definition) is 4. The first-order valence-corrected chi connectivity index (χ1v) is 11.7. The van der Waals surface area contributed by atoms with Crippen LogP contribution in [0.5, 0.6) is 5.75 Å². The average molecular weight is 421 g/mol.